The molecule has 112 heavy (non-hydrogen) atoms. The van der Waals surface area contributed by atoms with Crippen molar-refractivity contribution in [2.75, 3.05) is 13.1 Å². The molecule has 0 radical (unpaired) electrons. The number of esters is 10. The maximum Gasteiger partial charge on any atom is 0.352 e. The first-order chi connectivity index (χ1) is 54.3. The number of benzene rings is 7. The van der Waals surface area contributed by atoms with E-state index in [2.05, 4.69) is 10.6 Å². The lowest BCUT2D eigenvalue weighted by Gasteiger charge is -2.26. The molecule has 586 valence electrons. The highest BCUT2D eigenvalue weighted by Crippen LogP contribution is 2.22. The zero-order valence-electron chi connectivity index (χ0n) is 60.8. The Morgan fingerprint density at radius 3 is 0.848 bits per heavy atom. The number of amides is 2. The van der Waals surface area contributed by atoms with E-state index in [0.29, 0.717) is 22.3 Å². The average Bonchev–Trinajstić information content (AvgIpc) is 0.842. The molecule has 1 aromatic heterocycles. The van der Waals surface area contributed by atoms with Crippen LogP contribution in [0.25, 0.3) is 0 Å². The molecule has 0 fully saturated rings. The minimum absolute atomic E-state index is 0.0105. The monoisotopic (exact) mass is 1540 g/mol. The summed E-state index contributed by atoms with van der Waals surface area (Å²) in [4.78, 5) is 207. The normalized spacial score (nSPS) is 12.4. The van der Waals surface area contributed by atoms with Crippen LogP contribution in [0.15, 0.2) is 227 Å². The van der Waals surface area contributed by atoms with E-state index in [1.54, 1.807) is 140 Å². The van der Waals surface area contributed by atoms with Gasteiger partial charge in [0.1, 0.15) is 26.4 Å². The Balaban J connectivity index is 0.932. The maximum atomic E-state index is 14.5. The van der Waals surface area contributed by atoms with Crippen LogP contribution in [0.3, 0.4) is 0 Å². The van der Waals surface area contributed by atoms with Crippen molar-refractivity contribution < 1.29 is 105 Å². The second kappa shape index (κ2) is 45.4. The fraction of sp³-hybridized carbons (Fsp3) is 0.305. The number of rotatable bonds is 44. The molecule has 0 bridgehead atoms. The summed E-state index contributed by atoms with van der Waals surface area (Å²) < 4.78 is 56.7. The van der Waals surface area contributed by atoms with E-state index in [4.69, 9.17) is 47.4 Å². The van der Waals surface area contributed by atoms with Crippen LogP contribution in [0.4, 0.5) is 0 Å². The first-order valence-corrected chi connectivity index (χ1v) is 36.0. The molecule has 6 atom stereocenters. The quantitative estimate of drug-likeness (QED) is 0.0163. The van der Waals surface area contributed by atoms with Crippen molar-refractivity contribution in [1.29, 1.82) is 0 Å². The van der Waals surface area contributed by atoms with Gasteiger partial charge >= 0.3 is 76.8 Å². The molecule has 30 nitrogen and oxygen atoms in total. The summed E-state index contributed by atoms with van der Waals surface area (Å²) in [5.41, 5.74) is -0.883. The molecule has 8 rings (SSSR count). The summed E-state index contributed by atoms with van der Waals surface area (Å²) in [6, 6.07) is 56.0. The molecular weight excluding hydrogens is 1450 g/mol. The Morgan fingerprint density at radius 1 is 0.295 bits per heavy atom. The summed E-state index contributed by atoms with van der Waals surface area (Å²) in [5.74, 6) is -13.6. The Kier molecular flexibility index (Phi) is 34.1. The van der Waals surface area contributed by atoms with Gasteiger partial charge in [-0.1, -0.05) is 195 Å². The summed E-state index contributed by atoms with van der Waals surface area (Å²) in [6.07, 6.45) is -13.4. The Labute approximate surface area is 641 Å². The van der Waals surface area contributed by atoms with Crippen LogP contribution in [0.1, 0.15) is 130 Å². The lowest BCUT2D eigenvalue weighted by molar-refractivity contribution is -0.185. The molecule has 4 N–H and O–H groups in total. The molecular formula is C82H83N5O25. The number of carbonyl (C=O) groups excluding carboxylic acids is 12. The van der Waals surface area contributed by atoms with E-state index < -0.39 is 144 Å². The number of nitrogens with one attached hydrogen (secondary N) is 4. The Bertz CT molecular complexity index is 4570. The van der Waals surface area contributed by atoms with Gasteiger partial charge in [-0.2, -0.15) is 0 Å². The molecule has 0 aliphatic carbocycles. The number of unbranched alkanes of at least 4 members (excludes halogenated alkanes) is 6. The van der Waals surface area contributed by atoms with Crippen molar-refractivity contribution in [3.63, 3.8) is 0 Å². The van der Waals surface area contributed by atoms with Crippen LogP contribution in [0, 0.1) is 0 Å². The molecule has 0 saturated carbocycles. The highest BCUT2D eigenvalue weighted by atomic mass is 16.7. The molecule has 2 amide bonds. The highest BCUT2D eigenvalue weighted by Gasteiger charge is 2.45. The van der Waals surface area contributed by atoms with Crippen LogP contribution in [0.2, 0.25) is 0 Å². The lowest BCUT2D eigenvalue weighted by atomic mass is 10.1. The third-order valence-corrected chi connectivity index (χ3v) is 16.6. The van der Waals surface area contributed by atoms with E-state index in [-0.39, 0.29) is 121 Å². The number of nitrogens with zero attached hydrogens (tertiary/aromatic N) is 1. The molecule has 0 aliphatic rings. The fourth-order valence-corrected chi connectivity index (χ4v) is 10.7. The van der Waals surface area contributed by atoms with E-state index in [1.807, 2.05) is 9.97 Å². The Morgan fingerprint density at radius 2 is 0.545 bits per heavy atom. The molecule has 7 aromatic carbocycles. The van der Waals surface area contributed by atoms with Gasteiger partial charge in [-0.15, -0.1) is 0 Å². The predicted octanol–water partition coefficient (Wildman–Crippen LogP) is 7.52. The third kappa shape index (κ3) is 28.3. The molecule has 0 spiro atoms. The number of aromatic amines is 2. The van der Waals surface area contributed by atoms with Crippen LogP contribution in [0.5, 0.6) is 0 Å². The topological polar surface area (TPSA) is 409 Å². The van der Waals surface area contributed by atoms with Gasteiger partial charge in [-0.05, 0) is 97.2 Å². The number of carbonyl (C=O) groups is 12. The maximum absolute atomic E-state index is 14.5. The lowest BCUT2D eigenvalue weighted by Crippen LogP contribution is -2.53. The van der Waals surface area contributed by atoms with Crippen LogP contribution in [-0.2, 0) is 123 Å². The number of hydrogen-bond donors (Lipinski definition) is 4. The van der Waals surface area contributed by atoms with Crippen molar-refractivity contribution in [1.82, 2.24) is 25.2 Å². The van der Waals surface area contributed by atoms with Gasteiger partial charge in [-0.25, -0.2) is 52.5 Å². The number of ether oxygens (including phenoxy) is 10. The SMILES string of the molecule is O=C(CCCCCn1c(=O)[nH]c(=O)[nH]c1=O)O[C@H](C(=O)NCCCCCC(=O)O[C@H](C(=O)OCc1ccccc1)[C@H](OC(=O)c1ccccc1)C(=O)OCc1ccccc1)[C@H](OC(=O)c1ccccc1)C(=O)NCCCCCC(=O)O[C@H](C(=O)OCc1ccccc1)[C@H](OC(=O)c1ccccc1)C(=O)OCc1ccccc1. The van der Waals surface area contributed by atoms with E-state index in [0.717, 1.165) is 4.57 Å². The zero-order valence-corrected chi connectivity index (χ0v) is 60.8. The Hall–Kier alpha value is -13.4. The molecule has 1 heterocycles. The van der Waals surface area contributed by atoms with Gasteiger partial charge in [-0.3, -0.25) is 33.9 Å². The number of H-pyrrole nitrogens is 2. The summed E-state index contributed by atoms with van der Waals surface area (Å²) in [7, 11) is 0. The number of aromatic nitrogens is 3. The minimum atomic E-state index is -2.19. The predicted molar refractivity (Wildman–Crippen MR) is 395 cm³/mol. The molecule has 0 unspecified atom stereocenters. The largest absolute Gasteiger partial charge is 0.458 e. The van der Waals surface area contributed by atoms with Crippen molar-refractivity contribution in [3.05, 3.63) is 283 Å². The van der Waals surface area contributed by atoms with Gasteiger partial charge in [0, 0.05) is 38.9 Å². The summed E-state index contributed by atoms with van der Waals surface area (Å²) in [5, 5.41) is 5.17. The van der Waals surface area contributed by atoms with Crippen molar-refractivity contribution in [2.24, 2.45) is 0 Å². The van der Waals surface area contributed by atoms with Crippen molar-refractivity contribution in [2.45, 2.75) is 147 Å². The second-order valence-corrected chi connectivity index (χ2v) is 25.0. The molecule has 0 saturated heterocycles. The average molecular weight is 1540 g/mol. The molecule has 0 aliphatic heterocycles. The van der Waals surface area contributed by atoms with E-state index in [1.165, 1.54) is 72.8 Å². The van der Waals surface area contributed by atoms with Gasteiger partial charge in [0.25, 0.3) is 11.8 Å². The first kappa shape index (κ1) is 84.2. The summed E-state index contributed by atoms with van der Waals surface area (Å²) in [6.45, 7) is -1.91. The fourth-order valence-electron chi connectivity index (χ4n) is 10.7. The van der Waals surface area contributed by atoms with E-state index in [9.17, 15) is 71.9 Å². The van der Waals surface area contributed by atoms with Crippen LogP contribution in [-0.4, -0.2) is 136 Å². The van der Waals surface area contributed by atoms with Gasteiger partial charge in [0.15, 0.2) is 0 Å². The molecule has 30 heteroatoms. The smallest absolute Gasteiger partial charge is 0.352 e. The standard InChI is InChI=1S/C82H83N5O25/c88-62(47-27-10-30-50-87-81(101)85-80(100)86-82(87)102)107-65(71(91)83-48-28-8-25-45-63(89)108-67(76(96)103-51-55-31-11-1-12-32-55)69(111-74(94)60-41-21-6-22-42-60)78(98)105-53-57-35-15-3-16-36-57)66(110-73(93)59-39-19-5-20-40-59)72(92)84-49-29-9-26-46-64(90)109-68(77(97)104-52-56-33-13-2-14-34-56)70(112-75(95)61-43-23-7-24-44-61)79(99)106-54-58-37-17-4-18-38-58/h1-7,11-24,31-44,65-70H,8-10,25-30,45-54H2,(H,83,91)(H,84,92)(H2,85,86,100,101,102)/t65-,66-,67-,68-,69-,70-/m0/s1. The second-order valence-electron chi connectivity index (χ2n) is 25.0. The van der Waals surface area contributed by atoms with Crippen LogP contribution < -0.4 is 27.7 Å². The van der Waals surface area contributed by atoms with Crippen molar-refractivity contribution in [3.8, 4) is 0 Å². The molecule has 8 aromatic rings. The highest BCUT2D eigenvalue weighted by molar-refractivity contribution is 5.98. The van der Waals surface area contributed by atoms with E-state index >= 15 is 0 Å². The third-order valence-electron chi connectivity index (χ3n) is 16.6. The number of hydrogen-bond acceptors (Lipinski definition) is 25. The van der Waals surface area contributed by atoms with Crippen LogP contribution >= 0.6 is 0 Å². The van der Waals surface area contributed by atoms with Gasteiger partial charge < -0.3 is 58.0 Å². The van der Waals surface area contributed by atoms with Crippen molar-refractivity contribution >= 4 is 71.5 Å². The minimum Gasteiger partial charge on any atom is -0.458 e. The zero-order chi connectivity index (χ0) is 79.8. The first-order valence-electron chi connectivity index (χ1n) is 36.0. The summed E-state index contributed by atoms with van der Waals surface area (Å²) >= 11 is 0. The van der Waals surface area contributed by atoms with Gasteiger partial charge in [0.05, 0.1) is 16.7 Å². The van der Waals surface area contributed by atoms with Gasteiger partial charge in [0.2, 0.25) is 36.6 Å².